The second-order valence-electron chi connectivity index (χ2n) is 9.44. The summed E-state index contributed by atoms with van der Waals surface area (Å²) in [5.41, 5.74) is 3.16. The first-order valence-electron chi connectivity index (χ1n) is 13.2. The monoisotopic (exact) mass is 499 g/mol. The van der Waals surface area contributed by atoms with Crippen LogP contribution in [0.15, 0.2) is 91.0 Å². The molecule has 1 unspecified atom stereocenters. The Morgan fingerprint density at radius 2 is 1.38 bits per heavy atom. The van der Waals surface area contributed by atoms with E-state index in [1.54, 1.807) is 4.90 Å². The van der Waals surface area contributed by atoms with Crippen molar-refractivity contribution >= 4 is 11.8 Å². The van der Waals surface area contributed by atoms with E-state index in [0.717, 1.165) is 49.5 Å². The van der Waals surface area contributed by atoms with Crippen LogP contribution in [0.1, 0.15) is 23.1 Å². The second-order valence-corrected chi connectivity index (χ2v) is 9.44. The van der Waals surface area contributed by atoms with Gasteiger partial charge in [0.15, 0.2) is 0 Å². The van der Waals surface area contributed by atoms with Crippen molar-refractivity contribution in [2.24, 2.45) is 0 Å². The van der Waals surface area contributed by atoms with Gasteiger partial charge in [-0.25, -0.2) is 0 Å². The molecule has 1 N–H and O–H groups in total. The standard InChI is InChI=1S/C31H37N3O3/c35-30(17-16-26-10-4-1-5-11-26)34(25-28-14-8-3-9-15-28)29(24-27-12-6-2-7-13-27)31(36)32-18-19-33-20-22-37-23-21-33/h1-15,29H,16-25H2,(H,32,36). The highest BCUT2D eigenvalue weighted by atomic mass is 16.5. The second kappa shape index (κ2) is 14.3. The van der Waals surface area contributed by atoms with Crippen molar-refractivity contribution in [3.63, 3.8) is 0 Å². The van der Waals surface area contributed by atoms with Crippen molar-refractivity contribution in [2.75, 3.05) is 39.4 Å². The van der Waals surface area contributed by atoms with E-state index < -0.39 is 6.04 Å². The van der Waals surface area contributed by atoms with Gasteiger partial charge in [0, 0.05) is 45.6 Å². The van der Waals surface area contributed by atoms with Gasteiger partial charge in [0.1, 0.15) is 6.04 Å². The number of ether oxygens (including phenoxy) is 1. The lowest BCUT2D eigenvalue weighted by Crippen LogP contribution is -2.52. The number of aryl methyl sites for hydroxylation is 1. The van der Waals surface area contributed by atoms with E-state index in [0.29, 0.717) is 32.4 Å². The molecule has 0 aromatic heterocycles. The van der Waals surface area contributed by atoms with Gasteiger partial charge in [-0.15, -0.1) is 0 Å². The van der Waals surface area contributed by atoms with Crippen molar-refractivity contribution < 1.29 is 14.3 Å². The van der Waals surface area contributed by atoms with Crippen LogP contribution >= 0.6 is 0 Å². The Morgan fingerprint density at radius 3 is 2.00 bits per heavy atom. The molecule has 1 atom stereocenters. The Morgan fingerprint density at radius 1 is 0.811 bits per heavy atom. The summed E-state index contributed by atoms with van der Waals surface area (Å²) < 4.78 is 5.43. The molecule has 6 heteroatoms. The van der Waals surface area contributed by atoms with Gasteiger partial charge in [-0.1, -0.05) is 91.0 Å². The summed E-state index contributed by atoms with van der Waals surface area (Å²) in [7, 11) is 0. The molecule has 194 valence electrons. The molecule has 3 aromatic rings. The van der Waals surface area contributed by atoms with Crippen LogP contribution < -0.4 is 5.32 Å². The molecule has 0 aliphatic carbocycles. The summed E-state index contributed by atoms with van der Waals surface area (Å²) in [6.45, 7) is 4.91. The zero-order chi connectivity index (χ0) is 25.7. The van der Waals surface area contributed by atoms with Crippen molar-refractivity contribution in [2.45, 2.75) is 31.8 Å². The summed E-state index contributed by atoms with van der Waals surface area (Å²) in [6.07, 6.45) is 1.46. The highest BCUT2D eigenvalue weighted by Crippen LogP contribution is 2.17. The number of carbonyl (C=O) groups excluding carboxylic acids is 2. The Balaban J connectivity index is 1.52. The third kappa shape index (κ3) is 8.55. The summed E-state index contributed by atoms with van der Waals surface area (Å²) in [4.78, 5) is 31.4. The Bertz CT molecular complexity index is 1090. The van der Waals surface area contributed by atoms with Gasteiger partial charge in [-0.2, -0.15) is 0 Å². The van der Waals surface area contributed by atoms with E-state index in [9.17, 15) is 9.59 Å². The summed E-state index contributed by atoms with van der Waals surface area (Å²) in [5.74, 6) is -0.127. The van der Waals surface area contributed by atoms with Gasteiger partial charge in [0.05, 0.1) is 13.2 Å². The minimum Gasteiger partial charge on any atom is -0.379 e. The fourth-order valence-corrected chi connectivity index (χ4v) is 4.65. The van der Waals surface area contributed by atoms with Gasteiger partial charge in [0.25, 0.3) is 0 Å². The van der Waals surface area contributed by atoms with Crippen LogP contribution in [0.25, 0.3) is 0 Å². The summed E-state index contributed by atoms with van der Waals surface area (Å²) >= 11 is 0. The molecule has 0 bridgehead atoms. The Hall–Kier alpha value is -3.48. The molecule has 4 rings (SSSR count). The van der Waals surface area contributed by atoms with Gasteiger partial charge >= 0.3 is 0 Å². The number of hydrogen-bond donors (Lipinski definition) is 1. The van der Waals surface area contributed by atoms with E-state index in [-0.39, 0.29) is 11.8 Å². The first-order chi connectivity index (χ1) is 18.2. The maximum atomic E-state index is 13.7. The van der Waals surface area contributed by atoms with E-state index in [2.05, 4.69) is 10.2 Å². The molecule has 2 amide bonds. The molecule has 1 heterocycles. The van der Waals surface area contributed by atoms with Crippen LogP contribution in [0.4, 0.5) is 0 Å². The predicted octanol–water partition coefficient (Wildman–Crippen LogP) is 3.71. The fraction of sp³-hybridized carbons (Fsp3) is 0.355. The van der Waals surface area contributed by atoms with Gasteiger partial charge in [-0.05, 0) is 23.1 Å². The Labute approximate surface area is 220 Å². The average Bonchev–Trinajstić information content (AvgIpc) is 2.96. The number of rotatable bonds is 12. The number of morpholine rings is 1. The molecular formula is C31H37N3O3. The van der Waals surface area contributed by atoms with Crippen LogP contribution in [0.2, 0.25) is 0 Å². The summed E-state index contributed by atoms with van der Waals surface area (Å²) in [6, 6.07) is 29.3. The molecule has 1 fully saturated rings. The predicted molar refractivity (Wildman–Crippen MR) is 146 cm³/mol. The molecule has 0 radical (unpaired) electrons. The minimum absolute atomic E-state index is 0.0167. The van der Waals surface area contributed by atoms with Crippen LogP contribution in [0, 0.1) is 0 Å². The number of amides is 2. The molecule has 37 heavy (non-hydrogen) atoms. The maximum Gasteiger partial charge on any atom is 0.243 e. The molecular weight excluding hydrogens is 462 g/mol. The van der Waals surface area contributed by atoms with Crippen LogP contribution in [0.3, 0.4) is 0 Å². The third-order valence-corrected chi connectivity index (χ3v) is 6.77. The van der Waals surface area contributed by atoms with Crippen molar-refractivity contribution in [1.29, 1.82) is 0 Å². The summed E-state index contributed by atoms with van der Waals surface area (Å²) in [5, 5.41) is 3.13. The zero-order valence-corrected chi connectivity index (χ0v) is 21.4. The molecule has 6 nitrogen and oxygen atoms in total. The van der Waals surface area contributed by atoms with Crippen molar-refractivity contribution in [3.8, 4) is 0 Å². The molecule has 1 aliphatic rings. The first-order valence-corrected chi connectivity index (χ1v) is 13.2. The number of nitrogens with zero attached hydrogens (tertiary/aromatic N) is 2. The van der Waals surface area contributed by atoms with Crippen molar-refractivity contribution in [3.05, 3.63) is 108 Å². The van der Waals surface area contributed by atoms with Gasteiger partial charge in [-0.3, -0.25) is 14.5 Å². The van der Waals surface area contributed by atoms with Gasteiger partial charge in [0.2, 0.25) is 11.8 Å². The zero-order valence-electron chi connectivity index (χ0n) is 21.4. The molecule has 1 aliphatic heterocycles. The maximum absolute atomic E-state index is 13.7. The van der Waals surface area contributed by atoms with Gasteiger partial charge < -0.3 is 15.0 Å². The Kier molecular flexibility index (Phi) is 10.3. The lowest BCUT2D eigenvalue weighted by Gasteiger charge is -2.32. The van der Waals surface area contributed by atoms with E-state index in [1.165, 1.54) is 0 Å². The van der Waals surface area contributed by atoms with E-state index in [4.69, 9.17) is 4.74 Å². The normalized spacial score (nSPS) is 14.6. The molecule has 0 spiro atoms. The van der Waals surface area contributed by atoms with Crippen LogP contribution in [-0.2, 0) is 33.7 Å². The van der Waals surface area contributed by atoms with Crippen LogP contribution in [-0.4, -0.2) is 67.0 Å². The highest BCUT2D eigenvalue weighted by molar-refractivity contribution is 5.88. The fourth-order valence-electron chi connectivity index (χ4n) is 4.65. The number of benzene rings is 3. The lowest BCUT2D eigenvalue weighted by molar-refractivity contribution is -0.141. The topological polar surface area (TPSA) is 61.9 Å². The molecule has 3 aromatic carbocycles. The van der Waals surface area contributed by atoms with E-state index >= 15 is 0 Å². The molecule has 0 saturated carbocycles. The minimum atomic E-state index is -0.601. The number of carbonyl (C=O) groups is 2. The number of nitrogens with one attached hydrogen (secondary N) is 1. The smallest absolute Gasteiger partial charge is 0.243 e. The average molecular weight is 500 g/mol. The lowest BCUT2D eigenvalue weighted by atomic mass is 10.0. The van der Waals surface area contributed by atoms with Crippen molar-refractivity contribution in [1.82, 2.24) is 15.1 Å². The van der Waals surface area contributed by atoms with Crippen LogP contribution in [0.5, 0.6) is 0 Å². The molecule has 1 saturated heterocycles. The highest BCUT2D eigenvalue weighted by Gasteiger charge is 2.30. The quantitative estimate of drug-likeness (QED) is 0.413. The number of hydrogen-bond acceptors (Lipinski definition) is 4. The largest absolute Gasteiger partial charge is 0.379 e. The first kappa shape index (κ1) is 26.6. The third-order valence-electron chi connectivity index (χ3n) is 6.77. The SMILES string of the molecule is O=C(NCCN1CCOCC1)C(Cc1ccccc1)N(Cc1ccccc1)C(=O)CCc1ccccc1. The van der Waals surface area contributed by atoms with E-state index in [1.807, 2.05) is 91.0 Å².